The van der Waals surface area contributed by atoms with Gasteiger partial charge in [0, 0.05) is 42.0 Å². The summed E-state index contributed by atoms with van der Waals surface area (Å²) in [7, 11) is 0. The quantitative estimate of drug-likeness (QED) is 0.333. The first-order chi connectivity index (χ1) is 15.7. The summed E-state index contributed by atoms with van der Waals surface area (Å²) in [6.45, 7) is 5.67. The van der Waals surface area contributed by atoms with Gasteiger partial charge in [-0.15, -0.1) is 0 Å². The number of hydrogen-bond acceptors (Lipinski definition) is 7. The van der Waals surface area contributed by atoms with Crippen LogP contribution in [-0.2, 0) is 9.53 Å². The maximum absolute atomic E-state index is 12.6. The Morgan fingerprint density at radius 3 is 2.24 bits per heavy atom. The fourth-order valence-corrected chi connectivity index (χ4v) is 3.35. The van der Waals surface area contributed by atoms with Crippen LogP contribution in [0.25, 0.3) is 0 Å². The third-order valence-electron chi connectivity index (χ3n) is 4.95. The summed E-state index contributed by atoms with van der Waals surface area (Å²) < 4.78 is 5.29. The Bertz CT molecular complexity index is 1050. The van der Waals surface area contributed by atoms with Gasteiger partial charge in [-0.2, -0.15) is 0 Å². The van der Waals surface area contributed by atoms with Crippen LogP contribution in [0.5, 0.6) is 0 Å². The summed E-state index contributed by atoms with van der Waals surface area (Å²) in [4.78, 5) is 37.3. The number of hydrogen-bond donors (Lipinski definition) is 3. The molecule has 1 aliphatic rings. The molecule has 2 aromatic carbocycles. The van der Waals surface area contributed by atoms with E-state index in [-0.39, 0.29) is 28.2 Å². The van der Waals surface area contributed by atoms with Crippen molar-refractivity contribution in [3.05, 3.63) is 58.1 Å². The number of morpholine rings is 1. The van der Waals surface area contributed by atoms with Gasteiger partial charge in [-0.1, -0.05) is 13.8 Å². The lowest BCUT2D eigenvalue weighted by atomic mass is 10.1. The molecule has 1 saturated heterocycles. The Morgan fingerprint density at radius 2 is 1.67 bits per heavy atom. The summed E-state index contributed by atoms with van der Waals surface area (Å²) in [5.41, 5.74) is 1.67. The number of anilines is 3. The second-order valence-electron chi connectivity index (χ2n) is 7.69. The van der Waals surface area contributed by atoms with Crippen LogP contribution in [0, 0.1) is 16.0 Å². The van der Waals surface area contributed by atoms with Crippen LogP contribution >= 0.6 is 12.2 Å². The van der Waals surface area contributed by atoms with Crippen molar-refractivity contribution in [3.8, 4) is 0 Å². The number of nitro benzene ring substituents is 1. The second-order valence-corrected chi connectivity index (χ2v) is 8.10. The lowest BCUT2D eigenvalue weighted by Crippen LogP contribution is -2.37. The second kappa shape index (κ2) is 10.8. The number of nitro groups is 1. The van der Waals surface area contributed by atoms with Crippen LogP contribution in [-0.4, -0.2) is 48.2 Å². The van der Waals surface area contributed by atoms with Crippen LogP contribution in [0.4, 0.5) is 22.7 Å². The molecule has 3 N–H and O–H groups in total. The number of benzene rings is 2. The van der Waals surface area contributed by atoms with Gasteiger partial charge in [-0.25, -0.2) is 0 Å². The van der Waals surface area contributed by atoms with E-state index in [9.17, 15) is 19.7 Å². The van der Waals surface area contributed by atoms with E-state index in [1.807, 2.05) is 4.90 Å². The van der Waals surface area contributed by atoms with Crippen LogP contribution in [0.1, 0.15) is 24.2 Å². The molecule has 0 aliphatic carbocycles. The van der Waals surface area contributed by atoms with Crippen LogP contribution in [0.2, 0.25) is 0 Å². The smallest absolute Gasteiger partial charge is 0.293 e. The molecular formula is C22H25N5O5S. The molecular weight excluding hydrogens is 446 g/mol. The van der Waals surface area contributed by atoms with Gasteiger partial charge in [0.2, 0.25) is 5.91 Å². The Labute approximate surface area is 196 Å². The number of rotatable bonds is 6. The Kier molecular flexibility index (Phi) is 7.91. The highest BCUT2D eigenvalue weighted by Crippen LogP contribution is 2.30. The first-order valence-corrected chi connectivity index (χ1v) is 10.8. The van der Waals surface area contributed by atoms with E-state index in [4.69, 9.17) is 17.0 Å². The normalized spacial score (nSPS) is 13.4. The molecule has 0 bridgehead atoms. The van der Waals surface area contributed by atoms with E-state index in [0.717, 1.165) is 0 Å². The van der Waals surface area contributed by atoms with Crippen molar-refractivity contribution >= 4 is 51.9 Å². The number of amides is 2. The molecule has 1 heterocycles. The molecule has 0 radical (unpaired) electrons. The highest BCUT2D eigenvalue weighted by atomic mass is 32.1. The van der Waals surface area contributed by atoms with Gasteiger partial charge in [0.15, 0.2) is 5.11 Å². The molecule has 0 spiro atoms. The van der Waals surface area contributed by atoms with Crippen LogP contribution in [0.15, 0.2) is 42.5 Å². The maximum Gasteiger partial charge on any atom is 0.293 e. The van der Waals surface area contributed by atoms with E-state index in [1.165, 1.54) is 12.1 Å². The van der Waals surface area contributed by atoms with Gasteiger partial charge < -0.3 is 20.3 Å². The van der Waals surface area contributed by atoms with E-state index in [0.29, 0.717) is 43.4 Å². The van der Waals surface area contributed by atoms with Crippen molar-refractivity contribution in [2.75, 3.05) is 41.8 Å². The predicted octanol–water partition coefficient (Wildman–Crippen LogP) is 3.15. The van der Waals surface area contributed by atoms with Crippen molar-refractivity contribution in [2.24, 2.45) is 5.92 Å². The van der Waals surface area contributed by atoms with Crippen molar-refractivity contribution in [1.29, 1.82) is 0 Å². The number of nitrogens with one attached hydrogen (secondary N) is 3. The summed E-state index contributed by atoms with van der Waals surface area (Å²) in [5.74, 6) is -0.790. The summed E-state index contributed by atoms with van der Waals surface area (Å²) in [6.07, 6.45) is 0. The van der Waals surface area contributed by atoms with Crippen molar-refractivity contribution in [2.45, 2.75) is 13.8 Å². The number of carbonyl (C=O) groups is 2. The van der Waals surface area contributed by atoms with Gasteiger partial charge in [0.1, 0.15) is 5.69 Å². The van der Waals surface area contributed by atoms with Gasteiger partial charge in [-0.05, 0) is 48.6 Å². The minimum atomic E-state index is -0.565. The minimum Gasteiger partial charge on any atom is -0.378 e. The van der Waals surface area contributed by atoms with Gasteiger partial charge in [0.25, 0.3) is 11.6 Å². The van der Waals surface area contributed by atoms with Crippen LogP contribution < -0.4 is 20.9 Å². The third kappa shape index (κ3) is 6.46. The number of thiocarbonyl (C=S) groups is 1. The van der Waals surface area contributed by atoms with E-state index in [2.05, 4.69) is 16.0 Å². The molecule has 0 saturated carbocycles. The summed E-state index contributed by atoms with van der Waals surface area (Å²) in [6, 6.07) is 11.2. The average Bonchev–Trinajstić information content (AvgIpc) is 2.80. The largest absolute Gasteiger partial charge is 0.378 e. The fraction of sp³-hybridized carbons (Fsp3) is 0.318. The van der Waals surface area contributed by atoms with Gasteiger partial charge in [-0.3, -0.25) is 25.0 Å². The van der Waals surface area contributed by atoms with Gasteiger partial charge >= 0.3 is 0 Å². The molecule has 0 aromatic heterocycles. The van der Waals surface area contributed by atoms with Crippen molar-refractivity contribution < 1.29 is 19.2 Å². The average molecular weight is 472 g/mol. The number of carbonyl (C=O) groups excluding carboxylic acids is 2. The van der Waals surface area contributed by atoms with Crippen LogP contribution in [0.3, 0.4) is 0 Å². The number of nitrogens with zero attached hydrogens (tertiary/aromatic N) is 2. The predicted molar refractivity (Wildman–Crippen MR) is 130 cm³/mol. The molecule has 1 aliphatic heterocycles. The zero-order valence-electron chi connectivity index (χ0n) is 18.3. The van der Waals surface area contributed by atoms with E-state index < -0.39 is 10.8 Å². The first-order valence-electron chi connectivity index (χ1n) is 10.4. The monoisotopic (exact) mass is 471 g/mol. The van der Waals surface area contributed by atoms with Crippen molar-refractivity contribution in [1.82, 2.24) is 5.32 Å². The lowest BCUT2D eigenvalue weighted by Gasteiger charge is -2.28. The molecule has 11 heteroatoms. The summed E-state index contributed by atoms with van der Waals surface area (Å²) >= 11 is 5.19. The molecule has 0 unspecified atom stereocenters. The molecule has 33 heavy (non-hydrogen) atoms. The maximum atomic E-state index is 12.6. The molecule has 3 rings (SSSR count). The molecule has 1 fully saturated rings. The topological polar surface area (TPSA) is 126 Å². The Balaban J connectivity index is 1.63. The molecule has 10 nitrogen and oxygen atoms in total. The SMILES string of the molecule is CC(C)C(=O)Nc1ccc(NC(=S)NC(=O)c2ccc(N3CCOCC3)c([N+](=O)[O-])c2)cc1. The van der Waals surface area contributed by atoms with E-state index >= 15 is 0 Å². The zero-order valence-corrected chi connectivity index (χ0v) is 19.1. The highest BCUT2D eigenvalue weighted by molar-refractivity contribution is 7.80. The standard InChI is InChI=1S/C22H25N5O5S/c1-14(2)20(28)23-16-4-6-17(7-5-16)24-22(33)25-21(29)15-3-8-18(19(13-15)27(30)31)26-9-11-32-12-10-26/h3-8,13-14H,9-12H2,1-2H3,(H,23,28)(H2,24,25,29,33). The Hall–Kier alpha value is -3.57. The highest BCUT2D eigenvalue weighted by Gasteiger charge is 2.23. The fourth-order valence-electron chi connectivity index (χ4n) is 3.14. The minimum absolute atomic E-state index is 0.0406. The third-order valence-corrected chi connectivity index (χ3v) is 5.15. The zero-order chi connectivity index (χ0) is 24.0. The van der Waals surface area contributed by atoms with E-state index in [1.54, 1.807) is 44.2 Å². The number of ether oxygens (including phenoxy) is 1. The first kappa shape index (κ1) is 24.1. The van der Waals surface area contributed by atoms with Crippen molar-refractivity contribution in [3.63, 3.8) is 0 Å². The summed E-state index contributed by atoms with van der Waals surface area (Å²) in [5, 5.41) is 19.8. The molecule has 0 atom stereocenters. The lowest BCUT2D eigenvalue weighted by molar-refractivity contribution is -0.384. The Morgan fingerprint density at radius 1 is 1.06 bits per heavy atom. The molecule has 2 amide bonds. The molecule has 2 aromatic rings. The molecule has 174 valence electrons. The van der Waals surface area contributed by atoms with Gasteiger partial charge in [0.05, 0.1) is 18.1 Å².